The molecule has 1 aliphatic carbocycles. The zero-order chi connectivity index (χ0) is 14.7. The summed E-state index contributed by atoms with van der Waals surface area (Å²) in [6, 6.07) is 12.8. The van der Waals surface area contributed by atoms with E-state index in [9.17, 15) is 0 Å². The average molecular weight is 347 g/mol. The third-order valence-electron chi connectivity index (χ3n) is 3.53. The van der Waals surface area contributed by atoms with Gasteiger partial charge in [-0.25, -0.2) is 0 Å². The summed E-state index contributed by atoms with van der Waals surface area (Å²) in [6.07, 6.45) is 2.59. The molecule has 1 aromatic carbocycles. The largest absolute Gasteiger partial charge is 0.487 e. The Kier molecular flexibility index (Phi) is 4.56. The van der Waals surface area contributed by atoms with Crippen LogP contribution in [0.3, 0.4) is 0 Å². The van der Waals surface area contributed by atoms with Crippen LogP contribution in [0.1, 0.15) is 29.8 Å². The molecule has 0 radical (unpaired) electrons. The van der Waals surface area contributed by atoms with Crippen molar-refractivity contribution in [3.05, 3.63) is 57.8 Å². The molecule has 0 atom stereocenters. The first kappa shape index (κ1) is 14.5. The molecule has 0 amide bonds. The van der Waals surface area contributed by atoms with Gasteiger partial charge in [-0.3, -0.25) is 4.98 Å². The number of hydrogen-bond acceptors (Lipinski definition) is 3. The molecule has 110 valence electrons. The van der Waals surface area contributed by atoms with Crippen LogP contribution >= 0.6 is 15.9 Å². The van der Waals surface area contributed by atoms with Crippen molar-refractivity contribution in [3.8, 4) is 5.75 Å². The van der Waals surface area contributed by atoms with Gasteiger partial charge >= 0.3 is 0 Å². The molecule has 2 aromatic rings. The maximum atomic E-state index is 5.87. The van der Waals surface area contributed by atoms with Crippen LogP contribution in [-0.4, -0.2) is 11.0 Å². The molecule has 3 nitrogen and oxygen atoms in total. The zero-order valence-electron chi connectivity index (χ0n) is 12.1. The van der Waals surface area contributed by atoms with Crippen LogP contribution in [0.15, 0.2) is 40.9 Å². The number of halogens is 1. The van der Waals surface area contributed by atoms with E-state index in [1.165, 1.54) is 12.8 Å². The predicted molar refractivity (Wildman–Crippen MR) is 87.3 cm³/mol. The molecule has 3 rings (SSSR count). The number of benzene rings is 1. The van der Waals surface area contributed by atoms with E-state index in [-0.39, 0.29) is 0 Å². The van der Waals surface area contributed by atoms with Gasteiger partial charge in [0.15, 0.2) is 0 Å². The summed E-state index contributed by atoms with van der Waals surface area (Å²) in [7, 11) is 0. The monoisotopic (exact) mass is 346 g/mol. The van der Waals surface area contributed by atoms with Crippen molar-refractivity contribution in [2.24, 2.45) is 0 Å². The van der Waals surface area contributed by atoms with E-state index in [4.69, 9.17) is 4.74 Å². The predicted octanol–water partition coefficient (Wildman–Crippen LogP) is 3.98. The maximum absolute atomic E-state index is 5.87. The van der Waals surface area contributed by atoms with Gasteiger partial charge in [0.2, 0.25) is 0 Å². The molecule has 1 N–H and O–H groups in total. The fourth-order valence-electron chi connectivity index (χ4n) is 2.17. The SMILES string of the molecule is Cc1cc(Br)ccc1OCc1cccc(CNC2CC2)n1. The summed E-state index contributed by atoms with van der Waals surface area (Å²) >= 11 is 3.46. The Hall–Kier alpha value is -1.39. The fraction of sp³-hybridized carbons (Fsp3) is 0.353. The van der Waals surface area contributed by atoms with E-state index < -0.39 is 0 Å². The van der Waals surface area contributed by atoms with Gasteiger partial charge in [-0.05, 0) is 55.7 Å². The fourth-order valence-corrected chi connectivity index (χ4v) is 2.65. The van der Waals surface area contributed by atoms with Crippen molar-refractivity contribution in [1.82, 2.24) is 10.3 Å². The summed E-state index contributed by atoms with van der Waals surface area (Å²) in [4.78, 5) is 4.64. The Morgan fingerprint density at radius 2 is 2.05 bits per heavy atom. The molecule has 1 aliphatic rings. The first-order chi connectivity index (χ1) is 10.2. The molecule has 0 unspecified atom stereocenters. The lowest BCUT2D eigenvalue weighted by Gasteiger charge is -2.10. The standard InChI is InChI=1S/C17H19BrN2O/c1-12-9-13(18)5-8-17(12)21-11-16-4-2-3-15(20-16)10-19-14-6-7-14/h2-5,8-9,14,19H,6-7,10-11H2,1H3. The molecule has 1 heterocycles. The Balaban J connectivity index is 1.60. The van der Waals surface area contributed by atoms with Gasteiger partial charge in [0.25, 0.3) is 0 Å². The number of aryl methyl sites for hydroxylation is 1. The van der Waals surface area contributed by atoms with E-state index in [0.717, 1.165) is 33.7 Å². The van der Waals surface area contributed by atoms with Crippen molar-refractivity contribution in [2.45, 2.75) is 39.0 Å². The van der Waals surface area contributed by atoms with E-state index in [1.54, 1.807) is 0 Å². The summed E-state index contributed by atoms with van der Waals surface area (Å²) in [5.74, 6) is 0.904. The molecular weight excluding hydrogens is 328 g/mol. The number of aromatic nitrogens is 1. The average Bonchev–Trinajstić information content (AvgIpc) is 3.29. The second-order valence-electron chi connectivity index (χ2n) is 5.47. The summed E-state index contributed by atoms with van der Waals surface area (Å²) in [6.45, 7) is 3.39. The molecule has 4 heteroatoms. The van der Waals surface area contributed by atoms with Gasteiger partial charge in [-0.2, -0.15) is 0 Å². The van der Waals surface area contributed by atoms with E-state index in [0.29, 0.717) is 12.6 Å². The summed E-state index contributed by atoms with van der Waals surface area (Å²) in [5, 5.41) is 3.48. The zero-order valence-corrected chi connectivity index (χ0v) is 13.7. The molecule has 1 fully saturated rings. The van der Waals surface area contributed by atoms with Crippen LogP contribution in [0.5, 0.6) is 5.75 Å². The van der Waals surface area contributed by atoms with Crippen molar-refractivity contribution in [2.75, 3.05) is 0 Å². The first-order valence-corrected chi connectivity index (χ1v) is 8.07. The van der Waals surface area contributed by atoms with Gasteiger partial charge in [0, 0.05) is 17.1 Å². The Morgan fingerprint density at radius 3 is 2.81 bits per heavy atom. The van der Waals surface area contributed by atoms with Gasteiger partial charge in [0.05, 0.1) is 11.4 Å². The normalized spacial score (nSPS) is 14.2. The second kappa shape index (κ2) is 6.58. The molecule has 0 spiro atoms. The summed E-state index contributed by atoms with van der Waals surface area (Å²) < 4.78 is 6.94. The Bertz CT molecular complexity index is 626. The van der Waals surface area contributed by atoms with Gasteiger partial charge in [0.1, 0.15) is 12.4 Å². The molecular formula is C17H19BrN2O. The van der Waals surface area contributed by atoms with Crippen molar-refractivity contribution in [3.63, 3.8) is 0 Å². The number of hydrogen-bond donors (Lipinski definition) is 1. The third-order valence-corrected chi connectivity index (χ3v) is 4.02. The number of nitrogens with one attached hydrogen (secondary N) is 1. The third kappa shape index (κ3) is 4.29. The highest BCUT2D eigenvalue weighted by atomic mass is 79.9. The van der Waals surface area contributed by atoms with Gasteiger partial charge in [-0.15, -0.1) is 0 Å². The van der Waals surface area contributed by atoms with E-state index >= 15 is 0 Å². The number of pyridine rings is 1. The lowest BCUT2D eigenvalue weighted by atomic mass is 10.2. The van der Waals surface area contributed by atoms with Crippen LogP contribution in [-0.2, 0) is 13.2 Å². The maximum Gasteiger partial charge on any atom is 0.130 e. The van der Waals surface area contributed by atoms with Crippen LogP contribution in [0.2, 0.25) is 0 Å². The second-order valence-corrected chi connectivity index (χ2v) is 6.39. The molecule has 1 aromatic heterocycles. The Labute approximate surface area is 133 Å². The summed E-state index contributed by atoms with van der Waals surface area (Å²) in [5.41, 5.74) is 3.17. The van der Waals surface area contributed by atoms with E-state index in [1.807, 2.05) is 31.2 Å². The lowest BCUT2D eigenvalue weighted by molar-refractivity contribution is 0.299. The lowest BCUT2D eigenvalue weighted by Crippen LogP contribution is -2.16. The quantitative estimate of drug-likeness (QED) is 0.858. The van der Waals surface area contributed by atoms with Crippen LogP contribution in [0.4, 0.5) is 0 Å². The molecule has 0 saturated heterocycles. The molecule has 0 aliphatic heterocycles. The smallest absolute Gasteiger partial charge is 0.130 e. The van der Waals surface area contributed by atoms with E-state index in [2.05, 4.69) is 38.4 Å². The Morgan fingerprint density at radius 1 is 1.24 bits per heavy atom. The minimum Gasteiger partial charge on any atom is -0.487 e. The highest BCUT2D eigenvalue weighted by Gasteiger charge is 2.20. The topological polar surface area (TPSA) is 34.1 Å². The van der Waals surface area contributed by atoms with Crippen LogP contribution < -0.4 is 10.1 Å². The van der Waals surface area contributed by atoms with Crippen molar-refractivity contribution in [1.29, 1.82) is 0 Å². The number of rotatable bonds is 6. The van der Waals surface area contributed by atoms with Crippen LogP contribution in [0, 0.1) is 6.92 Å². The highest BCUT2D eigenvalue weighted by Crippen LogP contribution is 2.23. The van der Waals surface area contributed by atoms with Gasteiger partial charge < -0.3 is 10.1 Å². The van der Waals surface area contributed by atoms with Crippen LogP contribution in [0.25, 0.3) is 0 Å². The van der Waals surface area contributed by atoms with Crippen molar-refractivity contribution < 1.29 is 4.74 Å². The molecule has 1 saturated carbocycles. The molecule has 21 heavy (non-hydrogen) atoms. The molecule has 0 bridgehead atoms. The minimum atomic E-state index is 0.500. The van der Waals surface area contributed by atoms with Gasteiger partial charge in [-0.1, -0.05) is 22.0 Å². The first-order valence-electron chi connectivity index (χ1n) is 7.28. The number of ether oxygens (including phenoxy) is 1. The minimum absolute atomic E-state index is 0.500. The highest BCUT2D eigenvalue weighted by molar-refractivity contribution is 9.10. The van der Waals surface area contributed by atoms with Crippen molar-refractivity contribution >= 4 is 15.9 Å². The number of nitrogens with zero attached hydrogens (tertiary/aromatic N) is 1.